The lowest BCUT2D eigenvalue weighted by Gasteiger charge is -2.37. The van der Waals surface area contributed by atoms with Gasteiger partial charge in [0.2, 0.25) is 0 Å². The van der Waals surface area contributed by atoms with Gasteiger partial charge in [-0.25, -0.2) is 0 Å². The summed E-state index contributed by atoms with van der Waals surface area (Å²) in [5.74, 6) is 5.60. The predicted molar refractivity (Wildman–Crippen MR) is 115 cm³/mol. The average molecular weight is 355 g/mol. The molecule has 0 heterocycles. The third-order valence-electron chi connectivity index (χ3n) is 7.70. The molecular weight excluding hydrogens is 312 g/mol. The van der Waals surface area contributed by atoms with E-state index in [0.717, 1.165) is 35.5 Å². The van der Waals surface area contributed by atoms with E-state index in [1.54, 1.807) is 0 Å². The molecule has 3 aliphatic carbocycles. The molecule has 0 spiro atoms. The van der Waals surface area contributed by atoms with Crippen molar-refractivity contribution in [3.63, 3.8) is 0 Å². The summed E-state index contributed by atoms with van der Waals surface area (Å²) in [6.07, 6.45) is 32.1. The van der Waals surface area contributed by atoms with Gasteiger partial charge < -0.3 is 0 Å². The molecule has 0 aromatic rings. The zero-order valence-corrected chi connectivity index (χ0v) is 17.4. The van der Waals surface area contributed by atoms with E-state index in [9.17, 15) is 0 Å². The first-order valence-corrected chi connectivity index (χ1v) is 11.7. The molecule has 0 aromatic heterocycles. The third kappa shape index (κ3) is 5.86. The van der Waals surface area contributed by atoms with Gasteiger partial charge in [-0.1, -0.05) is 36.5 Å². The summed E-state index contributed by atoms with van der Waals surface area (Å²) < 4.78 is 0. The van der Waals surface area contributed by atoms with Crippen LogP contribution in [0.1, 0.15) is 90.9 Å². The van der Waals surface area contributed by atoms with Crippen LogP contribution >= 0.6 is 0 Å². The Morgan fingerprint density at radius 1 is 0.385 bits per heavy atom. The van der Waals surface area contributed by atoms with Crippen molar-refractivity contribution >= 4 is 0 Å². The molecule has 146 valence electrons. The normalized spacial score (nSPS) is 39.9. The van der Waals surface area contributed by atoms with Gasteiger partial charge in [-0.15, -0.1) is 0 Å². The van der Waals surface area contributed by atoms with E-state index in [1.807, 2.05) is 0 Å². The van der Waals surface area contributed by atoms with Crippen LogP contribution in [0.5, 0.6) is 0 Å². The van der Waals surface area contributed by atoms with Crippen LogP contribution in [0.25, 0.3) is 0 Å². The summed E-state index contributed by atoms with van der Waals surface area (Å²) in [5.41, 5.74) is 0. The van der Waals surface area contributed by atoms with Crippen molar-refractivity contribution in [3.05, 3.63) is 36.5 Å². The van der Waals surface area contributed by atoms with Gasteiger partial charge in [-0.2, -0.15) is 0 Å². The molecule has 0 amide bonds. The van der Waals surface area contributed by atoms with Crippen LogP contribution in [0.4, 0.5) is 0 Å². The minimum Gasteiger partial charge on any atom is -0.0914 e. The van der Waals surface area contributed by atoms with Crippen LogP contribution in [-0.4, -0.2) is 0 Å². The van der Waals surface area contributed by atoms with Gasteiger partial charge in [0.1, 0.15) is 0 Å². The Kier molecular flexibility index (Phi) is 8.08. The summed E-state index contributed by atoms with van der Waals surface area (Å²) in [7, 11) is 0. The first-order valence-electron chi connectivity index (χ1n) is 11.7. The number of allylic oxidation sites excluding steroid dienone is 6. The SMILES string of the molecule is C/C=C/C1CCC(/C=C/C2CCC(C3CCC(/C=C/C)CC3)CC2)CC1. The summed E-state index contributed by atoms with van der Waals surface area (Å²) in [6.45, 7) is 4.34. The maximum Gasteiger partial charge on any atom is -0.0233 e. The molecule has 3 rings (SSSR count). The minimum absolute atomic E-state index is 0.864. The monoisotopic (exact) mass is 354 g/mol. The maximum atomic E-state index is 2.62. The lowest BCUT2D eigenvalue weighted by Crippen LogP contribution is -2.25. The maximum absolute atomic E-state index is 2.62. The average Bonchev–Trinajstić information content (AvgIpc) is 2.69. The Balaban J connectivity index is 1.35. The second kappa shape index (κ2) is 10.5. The quantitative estimate of drug-likeness (QED) is 0.437. The molecule has 0 radical (unpaired) electrons. The van der Waals surface area contributed by atoms with Crippen molar-refractivity contribution in [2.75, 3.05) is 0 Å². The molecule has 3 saturated carbocycles. The van der Waals surface area contributed by atoms with E-state index in [2.05, 4.69) is 50.3 Å². The smallest absolute Gasteiger partial charge is 0.0233 e. The molecule has 0 bridgehead atoms. The molecule has 0 atom stereocenters. The largest absolute Gasteiger partial charge is 0.0914 e. The first kappa shape index (κ1) is 20.0. The van der Waals surface area contributed by atoms with E-state index in [-0.39, 0.29) is 0 Å². The Morgan fingerprint density at radius 2 is 0.654 bits per heavy atom. The van der Waals surface area contributed by atoms with E-state index < -0.39 is 0 Å². The highest BCUT2D eigenvalue weighted by Gasteiger charge is 2.29. The first-order chi connectivity index (χ1) is 12.8. The summed E-state index contributed by atoms with van der Waals surface area (Å²) >= 11 is 0. The minimum atomic E-state index is 0.864. The Bertz CT molecular complexity index is 458. The molecular formula is C26H42. The Morgan fingerprint density at radius 3 is 0.962 bits per heavy atom. The van der Waals surface area contributed by atoms with Gasteiger partial charge in [0.15, 0.2) is 0 Å². The van der Waals surface area contributed by atoms with Gasteiger partial charge in [0, 0.05) is 0 Å². The third-order valence-corrected chi connectivity index (χ3v) is 7.70. The van der Waals surface area contributed by atoms with Gasteiger partial charge in [-0.05, 0) is 126 Å². The van der Waals surface area contributed by atoms with E-state index >= 15 is 0 Å². The van der Waals surface area contributed by atoms with Gasteiger partial charge in [-0.3, -0.25) is 0 Å². The summed E-state index contributed by atoms with van der Waals surface area (Å²) in [5, 5.41) is 0. The molecule has 3 aliphatic rings. The van der Waals surface area contributed by atoms with Crippen LogP contribution in [-0.2, 0) is 0 Å². The van der Waals surface area contributed by atoms with E-state index in [1.165, 1.54) is 77.0 Å². The fourth-order valence-electron chi connectivity index (χ4n) is 6.01. The highest BCUT2D eigenvalue weighted by molar-refractivity contribution is 4.99. The standard InChI is InChI=1S/C26H42/c1-3-5-21-7-9-23(10-8-21)11-12-24-15-19-26(20-16-24)25-17-13-22(6-4-2)14-18-25/h3-6,11-12,21-26H,7-10,13-20H2,1-2H3/b5-3+,6-4+,12-11+. The lowest BCUT2D eigenvalue weighted by molar-refractivity contribution is 0.166. The van der Waals surface area contributed by atoms with Gasteiger partial charge >= 0.3 is 0 Å². The Hall–Kier alpha value is -0.780. The lowest BCUT2D eigenvalue weighted by atomic mass is 9.69. The molecule has 3 fully saturated rings. The van der Waals surface area contributed by atoms with Crippen molar-refractivity contribution in [1.29, 1.82) is 0 Å². The molecule has 0 heteroatoms. The number of hydrogen-bond acceptors (Lipinski definition) is 0. The van der Waals surface area contributed by atoms with Gasteiger partial charge in [0.25, 0.3) is 0 Å². The molecule has 26 heavy (non-hydrogen) atoms. The van der Waals surface area contributed by atoms with E-state index in [0.29, 0.717) is 0 Å². The van der Waals surface area contributed by atoms with Crippen LogP contribution in [0.3, 0.4) is 0 Å². The second-order valence-corrected chi connectivity index (χ2v) is 9.46. The summed E-state index contributed by atoms with van der Waals surface area (Å²) in [6, 6.07) is 0. The number of hydrogen-bond donors (Lipinski definition) is 0. The van der Waals surface area contributed by atoms with Crippen molar-refractivity contribution in [2.45, 2.75) is 90.9 Å². The molecule has 0 N–H and O–H groups in total. The molecule has 0 nitrogen and oxygen atoms in total. The predicted octanol–water partition coefficient (Wildman–Crippen LogP) is 8.11. The summed E-state index contributed by atoms with van der Waals surface area (Å²) in [4.78, 5) is 0. The molecule has 0 unspecified atom stereocenters. The topological polar surface area (TPSA) is 0 Å². The Labute approximate surface area is 163 Å². The van der Waals surface area contributed by atoms with Crippen molar-refractivity contribution in [1.82, 2.24) is 0 Å². The van der Waals surface area contributed by atoms with Crippen LogP contribution in [0.15, 0.2) is 36.5 Å². The zero-order valence-electron chi connectivity index (χ0n) is 17.4. The van der Waals surface area contributed by atoms with Crippen molar-refractivity contribution in [2.24, 2.45) is 35.5 Å². The van der Waals surface area contributed by atoms with Crippen molar-refractivity contribution in [3.8, 4) is 0 Å². The van der Waals surface area contributed by atoms with Crippen LogP contribution in [0.2, 0.25) is 0 Å². The zero-order chi connectivity index (χ0) is 18.2. The highest BCUT2D eigenvalue weighted by atomic mass is 14.3. The van der Waals surface area contributed by atoms with Crippen LogP contribution in [0, 0.1) is 35.5 Å². The molecule has 0 aromatic carbocycles. The highest BCUT2D eigenvalue weighted by Crippen LogP contribution is 2.42. The van der Waals surface area contributed by atoms with Crippen LogP contribution < -0.4 is 0 Å². The fraction of sp³-hybridized carbons (Fsp3) is 0.769. The number of rotatable bonds is 5. The van der Waals surface area contributed by atoms with E-state index in [4.69, 9.17) is 0 Å². The second-order valence-electron chi connectivity index (χ2n) is 9.46. The molecule has 0 saturated heterocycles. The van der Waals surface area contributed by atoms with Gasteiger partial charge in [0.05, 0.1) is 0 Å². The van der Waals surface area contributed by atoms with Crippen molar-refractivity contribution < 1.29 is 0 Å². The molecule has 0 aliphatic heterocycles. The fourth-order valence-corrected chi connectivity index (χ4v) is 6.01.